The zero-order valence-electron chi connectivity index (χ0n) is 4.82. The molecule has 0 spiro atoms. The van der Waals surface area contributed by atoms with Crippen LogP contribution in [0.3, 0.4) is 0 Å². The molecule has 0 saturated heterocycles. The first kappa shape index (κ1) is 5.83. The lowest BCUT2D eigenvalue weighted by Crippen LogP contribution is -1.92. The summed E-state index contributed by atoms with van der Waals surface area (Å²) in [5, 5.41) is 0. The van der Waals surface area contributed by atoms with E-state index >= 15 is 0 Å². The van der Waals surface area contributed by atoms with Crippen molar-refractivity contribution in [3.63, 3.8) is 0 Å². The van der Waals surface area contributed by atoms with Crippen molar-refractivity contribution >= 4 is 17.3 Å². The molecule has 0 aromatic carbocycles. The van der Waals surface area contributed by atoms with Gasteiger partial charge in [0.15, 0.2) is 0 Å². The number of alkyl halides is 1. The van der Waals surface area contributed by atoms with Crippen LogP contribution in [0.4, 0.5) is 0 Å². The van der Waals surface area contributed by atoms with Gasteiger partial charge in [-0.25, -0.2) is 0 Å². The van der Waals surface area contributed by atoms with Crippen molar-refractivity contribution in [2.45, 2.75) is 6.92 Å². The first-order chi connectivity index (χ1) is 3.84. The molecule has 0 aromatic heterocycles. The predicted octanol–water partition coefficient (Wildman–Crippen LogP) is 1.63. The lowest BCUT2D eigenvalue weighted by molar-refractivity contribution is 1.28. The van der Waals surface area contributed by atoms with Gasteiger partial charge in [-0.3, -0.25) is 4.99 Å². The van der Waals surface area contributed by atoms with Crippen LogP contribution in [0, 0.1) is 0 Å². The molecule has 0 atom stereocenters. The van der Waals surface area contributed by atoms with Crippen LogP contribution >= 0.6 is 11.6 Å². The van der Waals surface area contributed by atoms with Gasteiger partial charge in [0.2, 0.25) is 0 Å². The van der Waals surface area contributed by atoms with Crippen molar-refractivity contribution < 1.29 is 0 Å². The van der Waals surface area contributed by atoms with Crippen LogP contribution in [-0.2, 0) is 0 Å². The fraction of sp³-hybridized carbons (Fsp3) is 0.500. The molecule has 0 saturated carbocycles. The minimum absolute atomic E-state index is 0.606. The lowest BCUT2D eigenvalue weighted by atomic mass is 10.2. The van der Waals surface area contributed by atoms with Gasteiger partial charge in [0.05, 0.1) is 6.54 Å². The van der Waals surface area contributed by atoms with E-state index in [4.69, 9.17) is 11.6 Å². The molecule has 0 unspecified atom stereocenters. The van der Waals surface area contributed by atoms with E-state index in [9.17, 15) is 0 Å². The van der Waals surface area contributed by atoms with Gasteiger partial charge in [-0.2, -0.15) is 0 Å². The van der Waals surface area contributed by atoms with Crippen molar-refractivity contribution in [2.24, 2.45) is 4.99 Å². The second-order valence-electron chi connectivity index (χ2n) is 1.79. The highest BCUT2D eigenvalue weighted by Crippen LogP contribution is 2.06. The van der Waals surface area contributed by atoms with Gasteiger partial charge in [0.1, 0.15) is 0 Å². The molecule has 1 aliphatic heterocycles. The molecule has 1 rings (SSSR count). The van der Waals surface area contributed by atoms with Crippen LogP contribution in [0.15, 0.2) is 16.6 Å². The lowest BCUT2D eigenvalue weighted by Gasteiger charge is -1.91. The Morgan fingerprint density at radius 1 is 1.88 bits per heavy atom. The highest BCUT2D eigenvalue weighted by atomic mass is 35.5. The topological polar surface area (TPSA) is 12.4 Å². The van der Waals surface area contributed by atoms with E-state index in [1.54, 1.807) is 0 Å². The summed E-state index contributed by atoms with van der Waals surface area (Å²) in [6.07, 6.45) is 2.06. The maximum atomic E-state index is 5.55. The molecule has 0 radical (unpaired) electrons. The smallest absolute Gasteiger partial charge is 0.0580 e. The van der Waals surface area contributed by atoms with Gasteiger partial charge in [-0.15, -0.1) is 11.6 Å². The Hall–Kier alpha value is -0.300. The SMILES string of the molecule is CC1=NCC=C1CCl. The van der Waals surface area contributed by atoms with E-state index in [1.807, 2.05) is 6.92 Å². The van der Waals surface area contributed by atoms with Crippen molar-refractivity contribution in [3.8, 4) is 0 Å². The number of aliphatic imine (C=N–C) groups is 1. The highest BCUT2D eigenvalue weighted by molar-refractivity contribution is 6.23. The summed E-state index contributed by atoms with van der Waals surface area (Å²) in [6, 6.07) is 0. The molecule has 1 nitrogen and oxygen atoms in total. The average Bonchev–Trinajstić information content (AvgIpc) is 2.14. The summed E-state index contributed by atoms with van der Waals surface area (Å²) in [4.78, 5) is 4.13. The van der Waals surface area contributed by atoms with Crippen molar-refractivity contribution in [2.75, 3.05) is 12.4 Å². The van der Waals surface area contributed by atoms with Crippen molar-refractivity contribution in [3.05, 3.63) is 11.6 Å². The minimum atomic E-state index is 0.606. The number of hydrogen-bond donors (Lipinski definition) is 0. The Balaban J connectivity index is 2.66. The van der Waals surface area contributed by atoms with Crippen LogP contribution in [0.25, 0.3) is 0 Å². The van der Waals surface area contributed by atoms with E-state index in [-0.39, 0.29) is 0 Å². The van der Waals surface area contributed by atoms with Gasteiger partial charge < -0.3 is 0 Å². The second-order valence-corrected chi connectivity index (χ2v) is 2.06. The fourth-order valence-electron chi connectivity index (χ4n) is 0.693. The van der Waals surface area contributed by atoms with E-state index < -0.39 is 0 Å². The minimum Gasteiger partial charge on any atom is -0.286 e. The molecule has 0 aliphatic carbocycles. The van der Waals surface area contributed by atoms with Gasteiger partial charge in [-0.05, 0) is 12.5 Å². The molecule has 0 fully saturated rings. The molecule has 1 heterocycles. The first-order valence-electron chi connectivity index (χ1n) is 2.61. The maximum Gasteiger partial charge on any atom is 0.0580 e. The van der Waals surface area contributed by atoms with Crippen molar-refractivity contribution in [1.29, 1.82) is 0 Å². The fourth-order valence-corrected chi connectivity index (χ4v) is 0.996. The Kier molecular flexibility index (Phi) is 1.69. The highest BCUT2D eigenvalue weighted by Gasteiger charge is 2.02. The molecule has 0 aromatic rings. The van der Waals surface area contributed by atoms with Crippen LogP contribution in [0.2, 0.25) is 0 Å². The van der Waals surface area contributed by atoms with Gasteiger partial charge in [0, 0.05) is 11.6 Å². The Labute approximate surface area is 54.1 Å². The molecule has 0 N–H and O–H groups in total. The summed E-state index contributed by atoms with van der Waals surface area (Å²) in [6.45, 7) is 2.81. The molecule has 0 bridgehead atoms. The third-order valence-corrected chi connectivity index (χ3v) is 1.56. The normalized spacial score (nSPS) is 18.2. The monoisotopic (exact) mass is 129 g/mol. The molecule has 2 heteroatoms. The van der Waals surface area contributed by atoms with Crippen LogP contribution in [0.5, 0.6) is 0 Å². The largest absolute Gasteiger partial charge is 0.286 e. The Morgan fingerprint density at radius 2 is 2.62 bits per heavy atom. The third kappa shape index (κ3) is 0.920. The van der Waals surface area contributed by atoms with E-state index in [1.165, 1.54) is 5.57 Å². The predicted molar refractivity (Wildman–Crippen MR) is 36.8 cm³/mol. The zero-order chi connectivity index (χ0) is 5.98. The average molecular weight is 130 g/mol. The summed E-state index contributed by atoms with van der Waals surface area (Å²) in [5.41, 5.74) is 2.28. The molecule has 1 aliphatic rings. The molecular weight excluding hydrogens is 122 g/mol. The first-order valence-corrected chi connectivity index (χ1v) is 3.14. The van der Waals surface area contributed by atoms with E-state index in [2.05, 4.69) is 11.1 Å². The number of nitrogens with zero attached hydrogens (tertiary/aromatic N) is 1. The number of rotatable bonds is 1. The van der Waals surface area contributed by atoms with Crippen LogP contribution < -0.4 is 0 Å². The number of halogens is 1. The molecular formula is C6H8ClN. The van der Waals surface area contributed by atoms with Gasteiger partial charge in [-0.1, -0.05) is 6.08 Å². The number of hydrogen-bond acceptors (Lipinski definition) is 1. The van der Waals surface area contributed by atoms with Gasteiger partial charge in [0.25, 0.3) is 0 Å². The molecule has 44 valence electrons. The summed E-state index contributed by atoms with van der Waals surface area (Å²) >= 11 is 5.55. The van der Waals surface area contributed by atoms with E-state index in [0.717, 1.165) is 12.3 Å². The summed E-state index contributed by atoms with van der Waals surface area (Å²) in [5.74, 6) is 0.606. The quantitative estimate of drug-likeness (QED) is 0.478. The van der Waals surface area contributed by atoms with E-state index in [0.29, 0.717) is 5.88 Å². The second kappa shape index (κ2) is 2.31. The standard InChI is InChI=1S/C6H8ClN/c1-5-6(4-7)2-3-8-5/h2H,3-4H2,1H3. The maximum absolute atomic E-state index is 5.55. The Morgan fingerprint density at radius 3 is 2.88 bits per heavy atom. The van der Waals surface area contributed by atoms with Crippen molar-refractivity contribution in [1.82, 2.24) is 0 Å². The molecule has 0 amide bonds. The van der Waals surface area contributed by atoms with Crippen LogP contribution in [-0.4, -0.2) is 18.1 Å². The Bertz CT molecular complexity index is 147. The summed E-state index contributed by atoms with van der Waals surface area (Å²) in [7, 11) is 0. The zero-order valence-corrected chi connectivity index (χ0v) is 5.57. The molecule has 8 heavy (non-hydrogen) atoms. The summed E-state index contributed by atoms with van der Waals surface area (Å²) < 4.78 is 0. The third-order valence-electron chi connectivity index (χ3n) is 1.27. The van der Waals surface area contributed by atoms with Crippen LogP contribution in [0.1, 0.15) is 6.92 Å². The number of allylic oxidation sites excluding steroid dienone is 1. The van der Waals surface area contributed by atoms with Gasteiger partial charge >= 0.3 is 0 Å².